The van der Waals surface area contributed by atoms with Crippen LogP contribution < -0.4 is 10.6 Å². The van der Waals surface area contributed by atoms with E-state index < -0.39 is 29.5 Å². The van der Waals surface area contributed by atoms with Gasteiger partial charge in [0.1, 0.15) is 0 Å². The first-order chi connectivity index (χ1) is 11.5. The molecule has 2 rings (SSSR count). The van der Waals surface area contributed by atoms with Crippen molar-refractivity contribution in [2.75, 3.05) is 11.9 Å². The van der Waals surface area contributed by atoms with E-state index in [0.29, 0.717) is 0 Å². The van der Waals surface area contributed by atoms with Crippen LogP contribution >= 0.6 is 0 Å². The van der Waals surface area contributed by atoms with Crippen molar-refractivity contribution in [1.29, 1.82) is 0 Å². The third kappa shape index (κ3) is 4.60. The molecule has 7 heteroatoms. The predicted molar refractivity (Wildman–Crippen MR) is 84.0 cm³/mol. The quantitative estimate of drug-likeness (QED) is 0.733. The first kappa shape index (κ1) is 17.6. The first-order valence-electron chi connectivity index (χ1n) is 7.24. The molecule has 0 aromatic heterocycles. The summed E-state index contributed by atoms with van der Waals surface area (Å²) >= 11 is 0. The fraction of sp³-hybridized carbons (Fsp3) is 0.176. The van der Waals surface area contributed by atoms with Gasteiger partial charge in [-0.2, -0.15) is 0 Å². The standard InChI is InChI=1S/C17H16F2N2O3/c18-13-7-6-12(10-14(13)19)20-16(23)17(24)21-15(8-9-22)11-4-2-1-3-5-11/h1-7,10,15,22H,8-9H2,(H,20,23)(H,21,24). The van der Waals surface area contributed by atoms with E-state index in [4.69, 9.17) is 5.11 Å². The highest BCUT2D eigenvalue weighted by molar-refractivity contribution is 6.39. The van der Waals surface area contributed by atoms with Gasteiger partial charge in [-0.1, -0.05) is 30.3 Å². The molecule has 1 atom stereocenters. The molecule has 0 saturated heterocycles. The van der Waals surface area contributed by atoms with Crippen molar-refractivity contribution in [1.82, 2.24) is 5.32 Å². The lowest BCUT2D eigenvalue weighted by atomic mass is 10.0. The van der Waals surface area contributed by atoms with E-state index in [0.717, 1.165) is 23.8 Å². The summed E-state index contributed by atoms with van der Waals surface area (Å²) in [6.07, 6.45) is 0.230. The number of hydrogen-bond acceptors (Lipinski definition) is 3. The summed E-state index contributed by atoms with van der Waals surface area (Å²) in [5.41, 5.74) is 0.702. The number of aliphatic hydroxyl groups is 1. The Hall–Kier alpha value is -2.80. The molecule has 0 radical (unpaired) electrons. The minimum Gasteiger partial charge on any atom is -0.396 e. The first-order valence-corrected chi connectivity index (χ1v) is 7.24. The second kappa shape index (κ2) is 8.16. The number of carbonyl (C=O) groups excluding carboxylic acids is 2. The third-order valence-corrected chi connectivity index (χ3v) is 3.31. The molecule has 126 valence electrons. The average Bonchev–Trinajstić information content (AvgIpc) is 2.58. The molecule has 5 nitrogen and oxygen atoms in total. The molecule has 24 heavy (non-hydrogen) atoms. The van der Waals surface area contributed by atoms with E-state index in [1.165, 1.54) is 0 Å². The highest BCUT2D eigenvalue weighted by atomic mass is 19.2. The Bertz CT molecular complexity index is 723. The van der Waals surface area contributed by atoms with Crippen molar-refractivity contribution in [2.24, 2.45) is 0 Å². The minimum absolute atomic E-state index is 0.0348. The molecule has 0 aliphatic carbocycles. The monoisotopic (exact) mass is 334 g/mol. The van der Waals surface area contributed by atoms with E-state index in [9.17, 15) is 18.4 Å². The summed E-state index contributed by atoms with van der Waals surface area (Å²) in [4.78, 5) is 23.9. The molecular formula is C17H16F2N2O3. The van der Waals surface area contributed by atoms with E-state index in [1.54, 1.807) is 30.3 Å². The van der Waals surface area contributed by atoms with Crippen LogP contribution in [0.3, 0.4) is 0 Å². The molecule has 0 fully saturated rings. The number of aliphatic hydroxyl groups excluding tert-OH is 1. The fourth-order valence-corrected chi connectivity index (χ4v) is 2.12. The maximum Gasteiger partial charge on any atom is 0.313 e. The lowest BCUT2D eigenvalue weighted by Crippen LogP contribution is -2.38. The van der Waals surface area contributed by atoms with Crippen LogP contribution in [0.4, 0.5) is 14.5 Å². The van der Waals surface area contributed by atoms with Gasteiger partial charge in [-0.05, 0) is 24.1 Å². The Balaban J connectivity index is 2.03. The van der Waals surface area contributed by atoms with Crippen LogP contribution in [-0.4, -0.2) is 23.5 Å². The van der Waals surface area contributed by atoms with Crippen molar-refractivity contribution in [3.8, 4) is 0 Å². The van der Waals surface area contributed by atoms with Gasteiger partial charge in [-0.15, -0.1) is 0 Å². The van der Waals surface area contributed by atoms with Gasteiger partial charge in [-0.25, -0.2) is 8.78 Å². The number of anilines is 1. The van der Waals surface area contributed by atoms with Crippen LogP contribution in [0.25, 0.3) is 0 Å². The van der Waals surface area contributed by atoms with Crippen LogP contribution in [0.2, 0.25) is 0 Å². The van der Waals surface area contributed by atoms with Gasteiger partial charge in [0.25, 0.3) is 0 Å². The van der Waals surface area contributed by atoms with Crippen molar-refractivity contribution in [3.63, 3.8) is 0 Å². The smallest absolute Gasteiger partial charge is 0.313 e. The molecule has 0 aliphatic rings. The number of nitrogens with one attached hydrogen (secondary N) is 2. The van der Waals surface area contributed by atoms with Gasteiger partial charge >= 0.3 is 11.8 Å². The molecule has 2 aromatic carbocycles. The Morgan fingerprint density at radius 2 is 1.71 bits per heavy atom. The van der Waals surface area contributed by atoms with Crippen LogP contribution in [0.5, 0.6) is 0 Å². The Labute approximate surface area is 137 Å². The lowest BCUT2D eigenvalue weighted by molar-refractivity contribution is -0.136. The second-order valence-electron chi connectivity index (χ2n) is 5.03. The number of carbonyl (C=O) groups is 2. The van der Waals surface area contributed by atoms with Crippen LogP contribution in [0.15, 0.2) is 48.5 Å². The average molecular weight is 334 g/mol. The summed E-state index contributed by atoms with van der Waals surface area (Å²) in [5.74, 6) is -4.14. The molecule has 0 spiro atoms. The molecule has 0 heterocycles. The number of benzene rings is 2. The Morgan fingerprint density at radius 1 is 1.00 bits per heavy atom. The maximum atomic E-state index is 13.1. The second-order valence-corrected chi connectivity index (χ2v) is 5.03. The summed E-state index contributed by atoms with van der Waals surface area (Å²) in [6.45, 7) is -0.176. The molecule has 0 saturated carbocycles. The third-order valence-electron chi connectivity index (χ3n) is 3.31. The van der Waals surface area contributed by atoms with E-state index in [2.05, 4.69) is 10.6 Å². The molecule has 1 unspecified atom stereocenters. The fourth-order valence-electron chi connectivity index (χ4n) is 2.12. The summed E-state index contributed by atoms with van der Waals surface area (Å²) in [5, 5.41) is 13.8. The van der Waals surface area contributed by atoms with E-state index in [1.807, 2.05) is 0 Å². The zero-order valence-corrected chi connectivity index (χ0v) is 12.6. The van der Waals surface area contributed by atoms with Gasteiger partial charge in [0.05, 0.1) is 6.04 Å². The maximum absolute atomic E-state index is 13.1. The number of amides is 2. The molecule has 2 aromatic rings. The molecular weight excluding hydrogens is 318 g/mol. The highest BCUT2D eigenvalue weighted by Gasteiger charge is 2.20. The van der Waals surface area contributed by atoms with Crippen LogP contribution in [0.1, 0.15) is 18.0 Å². The number of halogens is 2. The molecule has 2 amide bonds. The largest absolute Gasteiger partial charge is 0.396 e. The lowest BCUT2D eigenvalue weighted by Gasteiger charge is -2.18. The van der Waals surface area contributed by atoms with Crippen molar-refractivity contribution in [3.05, 3.63) is 65.7 Å². The van der Waals surface area contributed by atoms with Gasteiger partial charge in [0.2, 0.25) is 0 Å². The number of hydrogen-bond donors (Lipinski definition) is 3. The minimum atomic E-state index is -1.13. The Morgan fingerprint density at radius 3 is 2.33 bits per heavy atom. The van der Waals surface area contributed by atoms with Gasteiger partial charge in [-0.3, -0.25) is 9.59 Å². The van der Waals surface area contributed by atoms with Crippen LogP contribution in [-0.2, 0) is 9.59 Å². The molecule has 0 bridgehead atoms. The topological polar surface area (TPSA) is 78.4 Å². The van der Waals surface area contributed by atoms with Crippen molar-refractivity contribution in [2.45, 2.75) is 12.5 Å². The zero-order chi connectivity index (χ0) is 17.5. The SMILES string of the molecule is O=C(Nc1ccc(F)c(F)c1)C(=O)NC(CCO)c1ccccc1. The summed E-state index contributed by atoms with van der Waals surface area (Å²) in [7, 11) is 0. The van der Waals surface area contributed by atoms with Gasteiger partial charge < -0.3 is 15.7 Å². The van der Waals surface area contributed by atoms with Crippen LogP contribution in [0, 0.1) is 11.6 Å². The van der Waals surface area contributed by atoms with Gasteiger partial charge in [0, 0.05) is 18.4 Å². The zero-order valence-electron chi connectivity index (χ0n) is 12.6. The number of rotatable bonds is 5. The van der Waals surface area contributed by atoms with E-state index in [-0.39, 0.29) is 18.7 Å². The molecule has 0 aliphatic heterocycles. The summed E-state index contributed by atoms with van der Waals surface area (Å²) in [6, 6.07) is 11.1. The normalized spacial score (nSPS) is 11.6. The predicted octanol–water partition coefficient (Wildman–Crippen LogP) is 2.14. The summed E-state index contributed by atoms with van der Waals surface area (Å²) < 4.78 is 26.0. The van der Waals surface area contributed by atoms with E-state index >= 15 is 0 Å². The van der Waals surface area contributed by atoms with Crippen molar-refractivity contribution >= 4 is 17.5 Å². The van der Waals surface area contributed by atoms with Crippen molar-refractivity contribution < 1.29 is 23.5 Å². The Kier molecular flexibility index (Phi) is 5.97. The molecule has 3 N–H and O–H groups in total. The van der Waals surface area contributed by atoms with Gasteiger partial charge in [0.15, 0.2) is 11.6 Å². The highest BCUT2D eigenvalue weighted by Crippen LogP contribution is 2.16.